The van der Waals surface area contributed by atoms with Gasteiger partial charge in [0, 0.05) is 6.42 Å². The van der Waals surface area contributed by atoms with E-state index >= 15 is 0 Å². The summed E-state index contributed by atoms with van der Waals surface area (Å²) in [5.41, 5.74) is 2.28. The number of benzene rings is 1. The number of carbonyl (C=O) groups is 2. The number of rotatable bonds is 4. The van der Waals surface area contributed by atoms with Crippen molar-refractivity contribution >= 4 is 12.1 Å². The van der Waals surface area contributed by atoms with E-state index in [-0.39, 0.29) is 6.42 Å². The molecule has 0 aliphatic carbocycles. The summed E-state index contributed by atoms with van der Waals surface area (Å²) in [6.07, 6.45) is -0.492. The SMILES string of the molecule is Cc1cccc(C)c1CC(NC(=O)OC(C)(C)C)C(=O)O. The van der Waals surface area contributed by atoms with Crippen LogP contribution in [0.1, 0.15) is 37.5 Å². The zero-order valence-corrected chi connectivity index (χ0v) is 13.2. The van der Waals surface area contributed by atoms with Crippen molar-refractivity contribution in [2.75, 3.05) is 0 Å². The predicted molar refractivity (Wildman–Crippen MR) is 80.4 cm³/mol. The highest BCUT2D eigenvalue weighted by molar-refractivity contribution is 5.80. The topological polar surface area (TPSA) is 75.6 Å². The summed E-state index contributed by atoms with van der Waals surface area (Å²) >= 11 is 0. The van der Waals surface area contributed by atoms with Crippen LogP contribution in [-0.4, -0.2) is 28.8 Å². The van der Waals surface area contributed by atoms with Crippen molar-refractivity contribution in [1.29, 1.82) is 0 Å². The molecular weight excluding hydrogens is 270 g/mol. The van der Waals surface area contributed by atoms with Gasteiger partial charge in [-0.1, -0.05) is 18.2 Å². The lowest BCUT2D eigenvalue weighted by molar-refractivity contribution is -0.139. The number of ether oxygens (including phenoxy) is 1. The molecule has 5 nitrogen and oxygen atoms in total. The fourth-order valence-corrected chi connectivity index (χ4v) is 2.02. The predicted octanol–water partition coefficient (Wildman–Crippen LogP) is 2.82. The first-order chi connectivity index (χ1) is 9.60. The number of aryl methyl sites for hydroxylation is 2. The number of carboxylic acids is 1. The summed E-state index contributed by atoms with van der Waals surface area (Å²) in [6, 6.07) is 4.76. The van der Waals surface area contributed by atoms with E-state index in [4.69, 9.17) is 4.74 Å². The number of hydrogen-bond acceptors (Lipinski definition) is 3. The molecule has 21 heavy (non-hydrogen) atoms. The van der Waals surface area contributed by atoms with Crippen LogP contribution in [0.25, 0.3) is 0 Å². The van der Waals surface area contributed by atoms with Crippen LogP contribution in [0.2, 0.25) is 0 Å². The maximum absolute atomic E-state index is 11.7. The van der Waals surface area contributed by atoms with Crippen LogP contribution >= 0.6 is 0 Å². The molecule has 1 unspecified atom stereocenters. The minimum Gasteiger partial charge on any atom is -0.480 e. The second-order valence-corrected chi connectivity index (χ2v) is 6.11. The van der Waals surface area contributed by atoms with Crippen molar-refractivity contribution < 1.29 is 19.4 Å². The molecule has 1 atom stereocenters. The minimum atomic E-state index is -1.08. The molecule has 0 aliphatic rings. The van der Waals surface area contributed by atoms with Crippen LogP contribution < -0.4 is 5.32 Å². The molecule has 0 saturated heterocycles. The summed E-state index contributed by atoms with van der Waals surface area (Å²) in [5.74, 6) is -1.08. The van der Waals surface area contributed by atoms with Crippen molar-refractivity contribution in [2.45, 2.75) is 52.7 Å². The van der Waals surface area contributed by atoms with Gasteiger partial charge in [-0.3, -0.25) is 0 Å². The smallest absolute Gasteiger partial charge is 0.408 e. The summed E-state index contributed by atoms with van der Waals surface area (Å²) in [6.45, 7) is 9.04. The Kier molecular flexibility index (Phi) is 5.35. The van der Waals surface area contributed by atoms with E-state index in [1.54, 1.807) is 20.8 Å². The minimum absolute atomic E-state index is 0.229. The molecule has 0 aliphatic heterocycles. The average molecular weight is 293 g/mol. The lowest BCUT2D eigenvalue weighted by Gasteiger charge is -2.22. The summed E-state index contributed by atoms with van der Waals surface area (Å²) in [5, 5.41) is 11.7. The maximum atomic E-state index is 11.7. The van der Waals surface area contributed by atoms with Crippen LogP contribution in [0.3, 0.4) is 0 Å². The fraction of sp³-hybridized carbons (Fsp3) is 0.500. The van der Waals surface area contributed by atoms with Gasteiger partial charge in [-0.2, -0.15) is 0 Å². The van der Waals surface area contributed by atoms with Crippen molar-refractivity contribution in [3.63, 3.8) is 0 Å². The van der Waals surface area contributed by atoms with Crippen molar-refractivity contribution in [1.82, 2.24) is 5.32 Å². The first-order valence-electron chi connectivity index (χ1n) is 6.87. The van der Waals surface area contributed by atoms with Crippen LogP contribution in [-0.2, 0) is 16.0 Å². The highest BCUT2D eigenvalue weighted by Crippen LogP contribution is 2.16. The third-order valence-electron chi connectivity index (χ3n) is 3.04. The molecule has 2 N–H and O–H groups in total. The molecule has 0 bridgehead atoms. The normalized spacial score (nSPS) is 12.6. The van der Waals surface area contributed by atoms with E-state index < -0.39 is 23.7 Å². The Balaban J connectivity index is 2.84. The Morgan fingerprint density at radius 2 is 1.76 bits per heavy atom. The number of hydrogen-bond donors (Lipinski definition) is 2. The zero-order chi connectivity index (χ0) is 16.2. The Morgan fingerprint density at radius 3 is 2.19 bits per heavy atom. The van der Waals surface area contributed by atoms with Gasteiger partial charge in [0.25, 0.3) is 0 Å². The van der Waals surface area contributed by atoms with Gasteiger partial charge in [-0.25, -0.2) is 9.59 Å². The zero-order valence-electron chi connectivity index (χ0n) is 13.2. The highest BCUT2D eigenvalue weighted by Gasteiger charge is 2.25. The molecule has 5 heteroatoms. The third-order valence-corrected chi connectivity index (χ3v) is 3.04. The van der Waals surface area contributed by atoms with Gasteiger partial charge in [-0.05, 0) is 51.3 Å². The lowest BCUT2D eigenvalue weighted by atomic mass is 9.96. The molecule has 0 fully saturated rings. The van der Waals surface area contributed by atoms with Crippen molar-refractivity contribution in [2.24, 2.45) is 0 Å². The van der Waals surface area contributed by atoms with Crippen molar-refractivity contribution in [3.8, 4) is 0 Å². The number of amides is 1. The summed E-state index contributed by atoms with van der Waals surface area (Å²) in [7, 11) is 0. The van der Waals surface area contributed by atoms with E-state index in [0.717, 1.165) is 16.7 Å². The van der Waals surface area contributed by atoms with Gasteiger partial charge in [0.2, 0.25) is 0 Å². The van der Waals surface area contributed by atoms with Crippen LogP contribution in [0, 0.1) is 13.8 Å². The standard InChI is InChI=1S/C16H23NO4/c1-10-7-6-8-11(2)12(10)9-13(14(18)19)17-15(20)21-16(3,4)5/h6-8,13H,9H2,1-5H3,(H,17,20)(H,18,19). The van der Waals surface area contributed by atoms with Crippen LogP contribution in [0.15, 0.2) is 18.2 Å². The van der Waals surface area contributed by atoms with E-state index in [9.17, 15) is 14.7 Å². The number of nitrogens with one attached hydrogen (secondary N) is 1. The van der Waals surface area contributed by atoms with Crippen LogP contribution in [0.4, 0.5) is 4.79 Å². The Hall–Kier alpha value is -2.04. The number of aliphatic carboxylic acids is 1. The molecule has 0 radical (unpaired) electrons. The van der Waals surface area contributed by atoms with Gasteiger partial charge >= 0.3 is 12.1 Å². The van der Waals surface area contributed by atoms with E-state index in [1.807, 2.05) is 32.0 Å². The quantitative estimate of drug-likeness (QED) is 0.895. The molecule has 116 valence electrons. The van der Waals surface area contributed by atoms with Gasteiger partial charge in [-0.15, -0.1) is 0 Å². The van der Waals surface area contributed by atoms with Gasteiger partial charge in [0.15, 0.2) is 0 Å². The molecule has 1 aromatic carbocycles. The van der Waals surface area contributed by atoms with E-state index in [1.165, 1.54) is 0 Å². The molecule has 0 spiro atoms. The van der Waals surface area contributed by atoms with Gasteiger partial charge < -0.3 is 15.2 Å². The molecule has 1 rings (SSSR count). The third kappa shape index (κ3) is 5.45. The van der Waals surface area contributed by atoms with Gasteiger partial charge in [0.1, 0.15) is 11.6 Å². The van der Waals surface area contributed by atoms with E-state index in [0.29, 0.717) is 0 Å². The van der Waals surface area contributed by atoms with Crippen molar-refractivity contribution in [3.05, 3.63) is 34.9 Å². The largest absolute Gasteiger partial charge is 0.480 e. The fourth-order valence-electron chi connectivity index (χ4n) is 2.02. The van der Waals surface area contributed by atoms with E-state index in [2.05, 4.69) is 5.32 Å². The number of carbonyl (C=O) groups excluding carboxylic acids is 1. The highest BCUT2D eigenvalue weighted by atomic mass is 16.6. The average Bonchev–Trinajstić information content (AvgIpc) is 2.29. The number of alkyl carbamates (subject to hydrolysis) is 1. The molecule has 0 saturated carbocycles. The first-order valence-corrected chi connectivity index (χ1v) is 6.87. The molecule has 0 heterocycles. The lowest BCUT2D eigenvalue weighted by Crippen LogP contribution is -2.44. The molecule has 1 amide bonds. The van der Waals surface area contributed by atoms with Crippen LogP contribution in [0.5, 0.6) is 0 Å². The number of carboxylic acid groups (broad SMARTS) is 1. The monoisotopic (exact) mass is 293 g/mol. The molecule has 1 aromatic rings. The molecule has 0 aromatic heterocycles. The Bertz CT molecular complexity index is 511. The first kappa shape index (κ1) is 17.0. The second kappa shape index (κ2) is 6.61. The Labute approximate surface area is 125 Å². The molecular formula is C16H23NO4. The summed E-state index contributed by atoms with van der Waals surface area (Å²) < 4.78 is 5.10. The second-order valence-electron chi connectivity index (χ2n) is 6.11. The maximum Gasteiger partial charge on any atom is 0.408 e. The Morgan fingerprint density at radius 1 is 1.24 bits per heavy atom. The summed E-state index contributed by atoms with van der Waals surface area (Å²) in [4.78, 5) is 23.1. The van der Waals surface area contributed by atoms with Gasteiger partial charge in [0.05, 0.1) is 0 Å².